The Morgan fingerprint density at radius 1 is 1.27 bits per heavy atom. The Morgan fingerprint density at radius 2 is 2.00 bits per heavy atom. The molecule has 0 saturated heterocycles. The van der Waals surface area contributed by atoms with Crippen molar-refractivity contribution in [2.24, 2.45) is 0 Å². The van der Waals surface area contributed by atoms with Gasteiger partial charge < -0.3 is 14.4 Å². The van der Waals surface area contributed by atoms with Gasteiger partial charge in [-0.15, -0.1) is 0 Å². The molecule has 3 rings (SSSR count). The molecule has 0 saturated carbocycles. The second-order valence-electron chi connectivity index (χ2n) is 7.58. The molecule has 2 heterocycles. The molecule has 5 nitrogen and oxygen atoms in total. The number of rotatable bonds is 3. The summed E-state index contributed by atoms with van der Waals surface area (Å²) in [4.78, 5) is 18.0. The van der Waals surface area contributed by atoms with Crippen LogP contribution < -0.4 is 0 Å². The van der Waals surface area contributed by atoms with Crippen LogP contribution in [0, 0.1) is 0 Å². The summed E-state index contributed by atoms with van der Waals surface area (Å²) in [6.07, 6.45) is 3.99. The predicted octanol–water partition coefficient (Wildman–Crippen LogP) is 4.23. The van der Waals surface area contributed by atoms with Crippen LogP contribution in [0.5, 0.6) is 0 Å². The van der Waals surface area contributed by atoms with Crippen molar-refractivity contribution in [1.82, 2.24) is 9.88 Å². The Bertz CT molecular complexity index is 769. The number of nitrogens with zero attached hydrogens (tertiary/aromatic N) is 2. The van der Waals surface area contributed by atoms with E-state index < -0.39 is 5.60 Å². The Morgan fingerprint density at radius 3 is 2.69 bits per heavy atom. The van der Waals surface area contributed by atoms with Crippen molar-refractivity contribution < 1.29 is 14.3 Å². The lowest BCUT2D eigenvalue weighted by atomic mass is 9.90. The van der Waals surface area contributed by atoms with Gasteiger partial charge >= 0.3 is 6.09 Å². The molecule has 2 aromatic rings. The SMILES string of the molecule is CN(CC1OCCc2c(-c3ccncc3)cccc21)C(=O)OC(C)(C)C. The first-order valence-corrected chi connectivity index (χ1v) is 8.93. The molecular formula is C21H26N2O3. The molecule has 1 amide bonds. The third kappa shape index (κ3) is 4.22. The van der Waals surface area contributed by atoms with Gasteiger partial charge in [-0.05, 0) is 61.6 Å². The standard InChI is InChI=1S/C21H26N2O3/c1-21(2,3)26-20(24)23(4)14-19-18-7-5-6-16(17(18)10-13-25-19)15-8-11-22-12-9-15/h5-9,11-12,19H,10,13-14H2,1-4H3. The summed E-state index contributed by atoms with van der Waals surface area (Å²) in [5.74, 6) is 0. The highest BCUT2D eigenvalue weighted by molar-refractivity contribution is 5.70. The number of hydrogen-bond acceptors (Lipinski definition) is 4. The van der Waals surface area contributed by atoms with Gasteiger partial charge in [0.15, 0.2) is 0 Å². The van der Waals surface area contributed by atoms with Crippen LogP contribution >= 0.6 is 0 Å². The second kappa shape index (κ2) is 7.46. The first-order valence-electron chi connectivity index (χ1n) is 8.93. The van der Waals surface area contributed by atoms with Crippen LogP contribution in [0.15, 0.2) is 42.7 Å². The molecule has 138 valence electrons. The van der Waals surface area contributed by atoms with Gasteiger partial charge in [-0.2, -0.15) is 0 Å². The van der Waals surface area contributed by atoms with E-state index in [-0.39, 0.29) is 12.2 Å². The van der Waals surface area contributed by atoms with Crippen molar-refractivity contribution >= 4 is 6.09 Å². The highest BCUT2D eigenvalue weighted by Crippen LogP contribution is 2.34. The van der Waals surface area contributed by atoms with E-state index in [1.54, 1.807) is 11.9 Å². The number of fused-ring (bicyclic) bond motifs is 1. The Balaban J connectivity index is 1.83. The smallest absolute Gasteiger partial charge is 0.410 e. The summed E-state index contributed by atoms with van der Waals surface area (Å²) in [6.45, 7) is 6.70. The zero-order chi connectivity index (χ0) is 18.7. The van der Waals surface area contributed by atoms with Crippen molar-refractivity contribution in [2.45, 2.75) is 38.9 Å². The summed E-state index contributed by atoms with van der Waals surface area (Å²) in [6, 6.07) is 10.3. The summed E-state index contributed by atoms with van der Waals surface area (Å²) in [5, 5.41) is 0. The van der Waals surface area contributed by atoms with Crippen molar-refractivity contribution in [3.05, 3.63) is 53.9 Å². The zero-order valence-corrected chi connectivity index (χ0v) is 15.9. The number of benzene rings is 1. The fourth-order valence-corrected chi connectivity index (χ4v) is 3.19. The van der Waals surface area contributed by atoms with E-state index >= 15 is 0 Å². The lowest BCUT2D eigenvalue weighted by molar-refractivity contribution is -0.00157. The minimum atomic E-state index is -0.509. The molecule has 0 bridgehead atoms. The monoisotopic (exact) mass is 354 g/mol. The van der Waals surface area contributed by atoms with Crippen LogP contribution in [-0.4, -0.2) is 41.8 Å². The number of aromatic nitrogens is 1. The Hall–Kier alpha value is -2.40. The van der Waals surface area contributed by atoms with Gasteiger partial charge in [-0.3, -0.25) is 4.98 Å². The predicted molar refractivity (Wildman–Crippen MR) is 101 cm³/mol. The number of amides is 1. The van der Waals surface area contributed by atoms with E-state index in [4.69, 9.17) is 9.47 Å². The zero-order valence-electron chi connectivity index (χ0n) is 15.9. The Labute approximate surface area is 155 Å². The lowest BCUT2D eigenvalue weighted by Crippen LogP contribution is -2.38. The third-order valence-corrected chi connectivity index (χ3v) is 4.37. The number of likely N-dealkylation sites (N-methyl/N-ethyl adjacent to an activating group) is 1. The molecule has 1 atom stereocenters. The van der Waals surface area contributed by atoms with Crippen LogP contribution in [0.2, 0.25) is 0 Å². The molecule has 1 aromatic heterocycles. The quantitative estimate of drug-likeness (QED) is 0.828. The van der Waals surface area contributed by atoms with E-state index in [1.807, 2.05) is 51.4 Å². The topological polar surface area (TPSA) is 51.7 Å². The van der Waals surface area contributed by atoms with Crippen LogP contribution in [-0.2, 0) is 15.9 Å². The van der Waals surface area contributed by atoms with Crippen molar-refractivity contribution in [2.75, 3.05) is 20.2 Å². The highest BCUT2D eigenvalue weighted by Gasteiger charge is 2.27. The van der Waals surface area contributed by atoms with Crippen LogP contribution in [0.4, 0.5) is 4.79 Å². The minimum absolute atomic E-state index is 0.155. The van der Waals surface area contributed by atoms with Gasteiger partial charge in [0.2, 0.25) is 0 Å². The van der Waals surface area contributed by atoms with Crippen molar-refractivity contribution in [1.29, 1.82) is 0 Å². The molecule has 0 fully saturated rings. The molecule has 0 aliphatic carbocycles. The second-order valence-corrected chi connectivity index (χ2v) is 7.58. The summed E-state index contributed by atoms with van der Waals surface area (Å²) in [5.41, 5.74) is 4.27. The minimum Gasteiger partial charge on any atom is -0.444 e. The molecule has 1 aromatic carbocycles. The van der Waals surface area contributed by atoms with Gasteiger partial charge in [0.25, 0.3) is 0 Å². The summed E-state index contributed by atoms with van der Waals surface area (Å²) < 4.78 is 11.4. The normalized spacial score (nSPS) is 16.7. The molecular weight excluding hydrogens is 328 g/mol. The van der Waals surface area contributed by atoms with Gasteiger partial charge in [-0.1, -0.05) is 18.2 Å². The molecule has 0 N–H and O–H groups in total. The van der Waals surface area contributed by atoms with Gasteiger partial charge in [-0.25, -0.2) is 4.79 Å². The highest BCUT2D eigenvalue weighted by atomic mass is 16.6. The first-order chi connectivity index (χ1) is 12.3. The van der Waals surface area contributed by atoms with Gasteiger partial charge in [0.1, 0.15) is 11.7 Å². The number of carbonyl (C=O) groups is 1. The maximum Gasteiger partial charge on any atom is 0.410 e. The van der Waals surface area contributed by atoms with E-state index in [9.17, 15) is 4.79 Å². The van der Waals surface area contributed by atoms with E-state index in [0.717, 1.165) is 17.5 Å². The van der Waals surface area contributed by atoms with Crippen molar-refractivity contribution in [3.8, 4) is 11.1 Å². The van der Waals surface area contributed by atoms with Crippen molar-refractivity contribution in [3.63, 3.8) is 0 Å². The van der Waals surface area contributed by atoms with E-state index in [0.29, 0.717) is 13.2 Å². The number of pyridine rings is 1. The van der Waals surface area contributed by atoms with E-state index in [2.05, 4.69) is 17.1 Å². The first kappa shape index (κ1) is 18.4. The largest absolute Gasteiger partial charge is 0.444 e. The summed E-state index contributed by atoms with van der Waals surface area (Å²) in [7, 11) is 1.75. The lowest BCUT2D eigenvalue weighted by Gasteiger charge is -2.32. The molecule has 5 heteroatoms. The molecule has 1 unspecified atom stereocenters. The fraction of sp³-hybridized carbons (Fsp3) is 0.429. The molecule has 26 heavy (non-hydrogen) atoms. The number of ether oxygens (including phenoxy) is 2. The molecule has 1 aliphatic heterocycles. The fourth-order valence-electron chi connectivity index (χ4n) is 3.19. The van der Waals surface area contributed by atoms with E-state index in [1.165, 1.54) is 11.1 Å². The van der Waals surface area contributed by atoms with Crippen LogP contribution in [0.25, 0.3) is 11.1 Å². The average Bonchev–Trinajstić information content (AvgIpc) is 2.61. The average molecular weight is 354 g/mol. The van der Waals surface area contributed by atoms with Gasteiger partial charge in [0.05, 0.1) is 13.2 Å². The Kier molecular flexibility index (Phi) is 5.28. The van der Waals surface area contributed by atoms with Crippen LogP contribution in [0.1, 0.15) is 38.0 Å². The molecule has 0 spiro atoms. The maximum absolute atomic E-state index is 12.3. The van der Waals surface area contributed by atoms with Crippen LogP contribution in [0.3, 0.4) is 0 Å². The third-order valence-electron chi connectivity index (χ3n) is 4.37. The van der Waals surface area contributed by atoms with Gasteiger partial charge in [0, 0.05) is 19.4 Å². The molecule has 1 aliphatic rings. The number of hydrogen-bond donors (Lipinski definition) is 0. The maximum atomic E-state index is 12.3. The number of carbonyl (C=O) groups excluding carboxylic acids is 1. The molecule has 0 radical (unpaired) electrons. The summed E-state index contributed by atoms with van der Waals surface area (Å²) >= 11 is 0.